The van der Waals surface area contributed by atoms with E-state index < -0.39 is 18.0 Å². The van der Waals surface area contributed by atoms with Crippen LogP contribution < -0.4 is 5.32 Å². The first-order chi connectivity index (χ1) is 10.4. The molecule has 0 heterocycles. The molecule has 0 rings (SSSR count). The molecule has 7 heteroatoms. The van der Waals surface area contributed by atoms with Gasteiger partial charge in [-0.15, -0.1) is 0 Å². The molecule has 1 radical (unpaired) electrons. The van der Waals surface area contributed by atoms with Gasteiger partial charge in [-0.25, -0.2) is 0 Å². The lowest BCUT2D eigenvalue weighted by atomic mass is 10.0. The summed E-state index contributed by atoms with van der Waals surface area (Å²) in [6.07, 6.45) is 7.43. The Morgan fingerprint density at radius 1 is 1.32 bits per heavy atom. The number of allylic oxidation sites excluding steroid dienone is 2. The van der Waals surface area contributed by atoms with E-state index in [1.165, 1.54) is 0 Å². The van der Waals surface area contributed by atoms with E-state index in [0.717, 1.165) is 10.7 Å². The fraction of sp³-hybridized carbons (Fsp3) is 0.667. The maximum Gasteiger partial charge on any atom is 0.244 e. The van der Waals surface area contributed by atoms with E-state index >= 15 is 0 Å². The van der Waals surface area contributed by atoms with Crippen molar-refractivity contribution < 1.29 is 14.4 Å². The largest absolute Gasteiger partial charge is 0.343 e. The van der Waals surface area contributed by atoms with E-state index in [-0.39, 0.29) is 24.0 Å². The summed E-state index contributed by atoms with van der Waals surface area (Å²) < 4.78 is 1.15. The molecule has 0 unspecified atom stereocenters. The normalized spacial score (nSPS) is 13.9. The summed E-state index contributed by atoms with van der Waals surface area (Å²) in [5.74, 6) is -0.636. The van der Waals surface area contributed by atoms with Crippen LogP contribution in [-0.4, -0.2) is 40.2 Å². The zero-order chi connectivity index (χ0) is 17.1. The molecule has 1 N–H and O–H groups in total. The number of nitrogens with one attached hydrogen (secondary N) is 1. The summed E-state index contributed by atoms with van der Waals surface area (Å²) in [6, 6.07) is -1.54. The maximum atomic E-state index is 12.3. The van der Waals surface area contributed by atoms with Crippen molar-refractivity contribution in [3.8, 4) is 0 Å². The summed E-state index contributed by atoms with van der Waals surface area (Å²) in [7, 11) is 0. The minimum absolute atomic E-state index is 0.139. The minimum atomic E-state index is -0.790. The number of rotatable bonds is 10. The topological polar surface area (TPSA) is 66.5 Å². The van der Waals surface area contributed by atoms with Crippen LogP contribution in [0.2, 0.25) is 0 Å². The van der Waals surface area contributed by atoms with Gasteiger partial charge in [-0.1, -0.05) is 45.7 Å². The van der Waals surface area contributed by atoms with Crippen LogP contribution in [0.15, 0.2) is 12.2 Å². The third-order valence-electron chi connectivity index (χ3n) is 2.99. The molecular formula is C15H25N2O3S2. The maximum absolute atomic E-state index is 12.3. The van der Waals surface area contributed by atoms with Crippen LogP contribution in [0.3, 0.4) is 0 Å². The highest BCUT2D eigenvalue weighted by Gasteiger charge is 2.31. The highest BCUT2D eigenvalue weighted by atomic mass is 32.1. The lowest BCUT2D eigenvalue weighted by molar-refractivity contribution is -0.135. The van der Waals surface area contributed by atoms with Gasteiger partial charge in [0, 0.05) is 12.2 Å². The van der Waals surface area contributed by atoms with Crippen LogP contribution in [0.1, 0.15) is 40.0 Å². The van der Waals surface area contributed by atoms with Crippen LogP contribution in [0.4, 0.5) is 0 Å². The molecule has 0 aromatic rings. The number of amides is 2. The van der Waals surface area contributed by atoms with Gasteiger partial charge in [0.15, 0.2) is 0 Å². The minimum Gasteiger partial charge on any atom is -0.343 e. The average Bonchev–Trinajstić information content (AvgIpc) is 2.48. The second-order valence-corrected chi connectivity index (χ2v) is 6.00. The Labute approximate surface area is 143 Å². The Morgan fingerprint density at radius 3 is 2.41 bits per heavy atom. The average molecular weight is 346 g/mol. The summed E-state index contributed by atoms with van der Waals surface area (Å²) in [5, 5.41) is 2.51. The smallest absolute Gasteiger partial charge is 0.244 e. The molecule has 0 aromatic carbocycles. The van der Waals surface area contributed by atoms with E-state index in [4.69, 9.17) is 0 Å². The molecule has 0 aromatic heterocycles. The summed E-state index contributed by atoms with van der Waals surface area (Å²) in [4.78, 5) is 35.1. The van der Waals surface area contributed by atoms with Crippen molar-refractivity contribution in [3.05, 3.63) is 12.2 Å². The van der Waals surface area contributed by atoms with Gasteiger partial charge in [0.1, 0.15) is 12.1 Å². The Hall–Kier alpha value is -0.950. The van der Waals surface area contributed by atoms with Crippen molar-refractivity contribution in [2.75, 3.05) is 5.75 Å². The zero-order valence-corrected chi connectivity index (χ0v) is 15.1. The fourth-order valence-electron chi connectivity index (χ4n) is 1.83. The van der Waals surface area contributed by atoms with Gasteiger partial charge in [-0.3, -0.25) is 18.7 Å². The van der Waals surface area contributed by atoms with Gasteiger partial charge in [0.2, 0.25) is 18.1 Å². The zero-order valence-electron chi connectivity index (χ0n) is 13.3. The number of nitrogens with zero attached hydrogens (tertiary/aromatic N) is 1. The van der Waals surface area contributed by atoms with E-state index in [2.05, 4.69) is 30.8 Å². The lowest BCUT2D eigenvalue weighted by Gasteiger charge is -2.29. The second-order valence-electron chi connectivity index (χ2n) is 5.21. The number of hydrogen-bond donors (Lipinski definition) is 3. The molecule has 0 aliphatic rings. The molecule has 0 bridgehead atoms. The van der Waals surface area contributed by atoms with Crippen LogP contribution in [0, 0.1) is 5.92 Å². The van der Waals surface area contributed by atoms with Crippen molar-refractivity contribution in [1.29, 1.82) is 0 Å². The highest BCUT2D eigenvalue weighted by molar-refractivity contribution is 7.80. The van der Waals surface area contributed by atoms with Gasteiger partial charge < -0.3 is 5.32 Å². The summed E-state index contributed by atoms with van der Waals surface area (Å²) in [5.41, 5.74) is 0. The predicted molar refractivity (Wildman–Crippen MR) is 94.6 cm³/mol. The van der Waals surface area contributed by atoms with Crippen molar-refractivity contribution in [2.45, 2.75) is 52.1 Å². The van der Waals surface area contributed by atoms with Crippen molar-refractivity contribution in [1.82, 2.24) is 9.62 Å². The first-order valence-electron chi connectivity index (χ1n) is 7.33. The molecule has 0 saturated carbocycles. The molecule has 5 nitrogen and oxygen atoms in total. The molecule has 22 heavy (non-hydrogen) atoms. The first kappa shape index (κ1) is 21.0. The summed E-state index contributed by atoms with van der Waals surface area (Å²) in [6.45, 7) is 5.65. The molecular weight excluding hydrogens is 320 g/mol. The van der Waals surface area contributed by atoms with Crippen molar-refractivity contribution in [2.24, 2.45) is 5.92 Å². The van der Waals surface area contributed by atoms with Gasteiger partial charge in [-0.2, -0.15) is 12.6 Å². The Bertz CT molecular complexity index is 400. The Balaban J connectivity index is 4.78. The van der Waals surface area contributed by atoms with Gasteiger partial charge >= 0.3 is 0 Å². The molecule has 0 aliphatic heterocycles. The van der Waals surface area contributed by atoms with Crippen LogP contribution in [-0.2, 0) is 14.4 Å². The fourth-order valence-corrected chi connectivity index (χ4v) is 2.46. The third kappa shape index (κ3) is 7.35. The van der Waals surface area contributed by atoms with Gasteiger partial charge in [0.25, 0.3) is 0 Å². The third-order valence-corrected chi connectivity index (χ3v) is 3.82. The van der Waals surface area contributed by atoms with E-state index in [1.54, 1.807) is 6.29 Å². The molecule has 0 saturated heterocycles. The molecule has 0 aliphatic carbocycles. The molecule has 0 spiro atoms. The van der Waals surface area contributed by atoms with Gasteiger partial charge in [-0.05, 0) is 18.8 Å². The number of thiol groups is 2. The highest BCUT2D eigenvalue weighted by Crippen LogP contribution is 2.16. The standard InChI is InChI=1S/C15H25N2O3S2/c1-4-5-6-7-8-13(19)17(22)14(11(2)3)15(20)16-12(9-18)10-21/h5-6,11-12,14,21-22H,4,7-8,10H2,1-3H3,(H,16,20)/b6-5+/t12-,14+/m0/s1. The van der Waals surface area contributed by atoms with Crippen molar-refractivity contribution >= 4 is 43.5 Å². The van der Waals surface area contributed by atoms with E-state index in [1.807, 2.05) is 32.9 Å². The second kappa shape index (κ2) is 11.6. The first-order valence-corrected chi connectivity index (χ1v) is 8.37. The Morgan fingerprint density at radius 2 is 1.95 bits per heavy atom. The quantitative estimate of drug-likeness (QED) is 0.419. The van der Waals surface area contributed by atoms with Gasteiger partial charge in [0.05, 0.1) is 0 Å². The molecule has 125 valence electrons. The number of carbonyl (C=O) groups excluding carboxylic acids is 3. The SMILES string of the molecule is CC/C=C/CCC(=O)N(S)[C@@H](C(=O)N[C@@H]([C]=O)CS)C(C)C. The Kier molecular flexibility index (Phi) is 11.1. The molecule has 2 amide bonds. The lowest BCUT2D eigenvalue weighted by Crippen LogP contribution is -2.51. The van der Waals surface area contributed by atoms with Crippen LogP contribution >= 0.6 is 25.4 Å². The van der Waals surface area contributed by atoms with E-state index in [0.29, 0.717) is 6.42 Å². The molecule has 0 fully saturated rings. The molecule has 2 atom stereocenters. The predicted octanol–water partition coefficient (Wildman–Crippen LogP) is 1.96. The number of hydrogen-bond acceptors (Lipinski definition) is 5. The summed E-state index contributed by atoms with van der Waals surface area (Å²) >= 11 is 8.15. The monoisotopic (exact) mass is 345 g/mol. The van der Waals surface area contributed by atoms with Crippen molar-refractivity contribution in [3.63, 3.8) is 0 Å². The number of carbonyl (C=O) groups is 2. The van der Waals surface area contributed by atoms with Crippen LogP contribution in [0.25, 0.3) is 0 Å². The van der Waals surface area contributed by atoms with E-state index in [9.17, 15) is 14.4 Å². The van der Waals surface area contributed by atoms with Crippen LogP contribution in [0.5, 0.6) is 0 Å².